The number of benzene rings is 2. The molecule has 3 rings (SSSR count). The number of methoxy groups -OCH3 is 1. The van der Waals surface area contributed by atoms with Crippen LogP contribution in [0, 0.1) is 0 Å². The number of rotatable bonds is 9. The molecule has 0 unspecified atom stereocenters. The molecular formula is C21H21ClN2O5S. The average Bonchev–Trinajstić information content (AvgIpc) is 3.04. The van der Waals surface area contributed by atoms with Crippen LogP contribution in [0.2, 0.25) is 5.02 Å². The van der Waals surface area contributed by atoms with Gasteiger partial charge in [-0.15, -0.1) is 0 Å². The van der Waals surface area contributed by atoms with E-state index < -0.39 is 0 Å². The molecule has 0 saturated heterocycles. The van der Waals surface area contributed by atoms with Crippen molar-refractivity contribution in [2.75, 3.05) is 26.9 Å². The molecule has 30 heavy (non-hydrogen) atoms. The normalized spacial score (nSPS) is 14.6. The van der Waals surface area contributed by atoms with Gasteiger partial charge in [0.2, 0.25) is 0 Å². The second kappa shape index (κ2) is 10.3. The van der Waals surface area contributed by atoms with Crippen LogP contribution < -0.4 is 24.7 Å². The van der Waals surface area contributed by atoms with Gasteiger partial charge in [-0.2, -0.15) is 4.99 Å². The summed E-state index contributed by atoms with van der Waals surface area (Å²) in [5, 5.41) is 0.584. The molecule has 2 aromatic rings. The lowest BCUT2D eigenvalue weighted by molar-refractivity contribution is -0.113. The van der Waals surface area contributed by atoms with E-state index in [-0.39, 0.29) is 17.7 Å². The first-order chi connectivity index (χ1) is 14.5. The molecule has 2 N–H and O–H groups in total. The molecule has 9 heteroatoms. The monoisotopic (exact) mass is 448 g/mol. The minimum atomic E-state index is -0.373. The van der Waals surface area contributed by atoms with Crippen LogP contribution >= 0.6 is 23.4 Å². The zero-order chi connectivity index (χ0) is 21.5. The van der Waals surface area contributed by atoms with Crippen molar-refractivity contribution in [3.8, 4) is 23.0 Å². The van der Waals surface area contributed by atoms with Gasteiger partial charge < -0.3 is 24.7 Å². The number of hydrogen-bond donors (Lipinski definition) is 1. The summed E-state index contributed by atoms with van der Waals surface area (Å²) in [5.41, 5.74) is 6.27. The third kappa shape index (κ3) is 5.61. The number of thioether (sulfide) groups is 1. The lowest BCUT2D eigenvalue weighted by Gasteiger charge is -2.15. The summed E-state index contributed by atoms with van der Waals surface area (Å²) in [4.78, 5) is 15.9. The number of amides is 1. The maximum Gasteiger partial charge on any atom is 0.286 e. The first-order valence-corrected chi connectivity index (χ1v) is 10.3. The second-order valence-electron chi connectivity index (χ2n) is 6.00. The SMILES string of the molecule is CCOc1cc(/C=C2/SC(N)=NC2=O)cc(Cl)c1OCCOc1ccc(OC)cc1. The second-order valence-corrected chi connectivity index (χ2v) is 7.47. The highest BCUT2D eigenvalue weighted by atomic mass is 35.5. The lowest BCUT2D eigenvalue weighted by atomic mass is 10.2. The van der Waals surface area contributed by atoms with E-state index in [9.17, 15) is 4.79 Å². The standard InChI is InChI=1S/C21H21ClN2O5S/c1-3-27-17-11-13(12-18-20(25)24-21(23)30-18)10-16(22)19(17)29-9-8-28-15-6-4-14(26-2)5-7-15/h4-7,10-12H,3,8-9H2,1-2H3,(H2,23,24,25)/b18-12+. The highest BCUT2D eigenvalue weighted by Crippen LogP contribution is 2.38. The van der Waals surface area contributed by atoms with E-state index in [1.807, 2.05) is 31.2 Å². The highest BCUT2D eigenvalue weighted by molar-refractivity contribution is 8.18. The molecule has 0 aromatic heterocycles. The fraction of sp³-hybridized carbons (Fsp3) is 0.238. The van der Waals surface area contributed by atoms with Gasteiger partial charge in [0.05, 0.1) is 23.6 Å². The molecule has 0 saturated carbocycles. The van der Waals surface area contributed by atoms with Crippen molar-refractivity contribution in [1.29, 1.82) is 0 Å². The summed E-state index contributed by atoms with van der Waals surface area (Å²) in [5.74, 6) is 1.99. The van der Waals surface area contributed by atoms with E-state index in [2.05, 4.69) is 4.99 Å². The van der Waals surface area contributed by atoms with Crippen molar-refractivity contribution >= 4 is 40.5 Å². The van der Waals surface area contributed by atoms with Crippen LogP contribution in [0.1, 0.15) is 12.5 Å². The van der Waals surface area contributed by atoms with Gasteiger partial charge in [0.15, 0.2) is 16.7 Å². The molecular weight excluding hydrogens is 428 g/mol. The zero-order valence-electron chi connectivity index (χ0n) is 16.5. The van der Waals surface area contributed by atoms with Gasteiger partial charge in [-0.3, -0.25) is 4.79 Å². The number of ether oxygens (including phenoxy) is 4. The van der Waals surface area contributed by atoms with Crippen molar-refractivity contribution in [3.05, 3.63) is 51.9 Å². The maximum atomic E-state index is 11.8. The zero-order valence-corrected chi connectivity index (χ0v) is 18.1. The van der Waals surface area contributed by atoms with Crippen LogP contribution in [-0.2, 0) is 4.79 Å². The van der Waals surface area contributed by atoms with E-state index in [1.54, 1.807) is 25.3 Å². The van der Waals surface area contributed by atoms with E-state index in [1.165, 1.54) is 0 Å². The Morgan fingerprint density at radius 2 is 1.80 bits per heavy atom. The van der Waals surface area contributed by atoms with Crippen LogP contribution in [0.3, 0.4) is 0 Å². The number of nitrogens with two attached hydrogens (primary N) is 1. The van der Waals surface area contributed by atoms with Gasteiger partial charge in [-0.05, 0) is 66.7 Å². The fourth-order valence-corrected chi connectivity index (χ4v) is 3.58. The molecule has 1 aliphatic heterocycles. The van der Waals surface area contributed by atoms with Gasteiger partial charge in [0, 0.05) is 0 Å². The number of carbonyl (C=O) groups is 1. The third-order valence-corrected chi connectivity index (χ3v) is 5.02. The van der Waals surface area contributed by atoms with Crippen molar-refractivity contribution in [2.24, 2.45) is 10.7 Å². The molecule has 158 valence electrons. The number of carbonyl (C=O) groups excluding carboxylic acids is 1. The van der Waals surface area contributed by atoms with Gasteiger partial charge in [0.1, 0.15) is 24.7 Å². The maximum absolute atomic E-state index is 11.8. The molecule has 7 nitrogen and oxygen atoms in total. The summed E-state index contributed by atoms with van der Waals surface area (Å²) in [6, 6.07) is 10.7. The Kier molecular flexibility index (Phi) is 7.48. The Labute approximate surface area is 183 Å². The van der Waals surface area contributed by atoms with Crippen LogP contribution in [0.25, 0.3) is 6.08 Å². The predicted octanol–water partition coefficient (Wildman–Crippen LogP) is 4.13. The molecule has 1 amide bonds. The predicted molar refractivity (Wildman–Crippen MR) is 119 cm³/mol. The molecule has 0 aliphatic carbocycles. The summed E-state index contributed by atoms with van der Waals surface area (Å²) in [6.45, 7) is 2.88. The Morgan fingerprint density at radius 3 is 2.43 bits per heavy atom. The minimum absolute atomic E-state index is 0.221. The van der Waals surface area contributed by atoms with Crippen LogP contribution in [0.5, 0.6) is 23.0 Å². The van der Waals surface area contributed by atoms with Crippen molar-refractivity contribution in [2.45, 2.75) is 6.92 Å². The van der Waals surface area contributed by atoms with Gasteiger partial charge in [-0.25, -0.2) is 0 Å². The third-order valence-electron chi connectivity index (χ3n) is 3.92. The largest absolute Gasteiger partial charge is 0.497 e. The number of hydrogen-bond acceptors (Lipinski definition) is 7. The Bertz CT molecular complexity index is 976. The van der Waals surface area contributed by atoms with Gasteiger partial charge >= 0.3 is 0 Å². The van der Waals surface area contributed by atoms with E-state index in [4.69, 9.17) is 36.3 Å². The molecule has 1 heterocycles. The van der Waals surface area contributed by atoms with Crippen LogP contribution in [0.15, 0.2) is 46.3 Å². The fourth-order valence-electron chi connectivity index (χ4n) is 2.63. The smallest absolute Gasteiger partial charge is 0.286 e. The van der Waals surface area contributed by atoms with Crippen LogP contribution in [0.4, 0.5) is 0 Å². The summed E-state index contributed by atoms with van der Waals surface area (Å²) >= 11 is 7.53. The molecule has 0 bridgehead atoms. The van der Waals surface area contributed by atoms with E-state index in [0.29, 0.717) is 46.0 Å². The van der Waals surface area contributed by atoms with Crippen molar-refractivity contribution < 1.29 is 23.7 Å². The Hall–Kier alpha value is -2.84. The van der Waals surface area contributed by atoms with E-state index in [0.717, 1.165) is 17.5 Å². The average molecular weight is 449 g/mol. The Balaban J connectivity index is 1.66. The number of nitrogens with zero attached hydrogens (tertiary/aromatic N) is 1. The minimum Gasteiger partial charge on any atom is -0.497 e. The summed E-state index contributed by atoms with van der Waals surface area (Å²) in [6.07, 6.45) is 1.67. The van der Waals surface area contributed by atoms with Crippen molar-refractivity contribution in [1.82, 2.24) is 0 Å². The molecule has 0 fully saturated rings. The molecule has 1 aliphatic rings. The van der Waals surface area contributed by atoms with Crippen LogP contribution in [-0.4, -0.2) is 38.0 Å². The molecule has 0 spiro atoms. The topological polar surface area (TPSA) is 92.4 Å². The first kappa shape index (κ1) is 21.9. The highest BCUT2D eigenvalue weighted by Gasteiger charge is 2.20. The number of halogens is 1. The van der Waals surface area contributed by atoms with E-state index >= 15 is 0 Å². The summed E-state index contributed by atoms with van der Waals surface area (Å²) < 4.78 is 22.3. The first-order valence-electron chi connectivity index (χ1n) is 9.14. The number of aliphatic imine (C=N–C) groups is 1. The lowest BCUT2D eigenvalue weighted by Crippen LogP contribution is -2.10. The van der Waals surface area contributed by atoms with Gasteiger partial charge in [0.25, 0.3) is 5.91 Å². The quantitative estimate of drug-likeness (QED) is 0.455. The molecule has 0 radical (unpaired) electrons. The Morgan fingerprint density at radius 1 is 1.10 bits per heavy atom. The molecule has 0 atom stereocenters. The molecule has 2 aromatic carbocycles. The number of amidine groups is 1. The van der Waals surface area contributed by atoms with Crippen molar-refractivity contribution in [3.63, 3.8) is 0 Å². The van der Waals surface area contributed by atoms with Gasteiger partial charge in [-0.1, -0.05) is 11.6 Å². The summed E-state index contributed by atoms with van der Waals surface area (Å²) in [7, 11) is 1.61.